The summed E-state index contributed by atoms with van der Waals surface area (Å²) in [5.41, 5.74) is 2.10. The summed E-state index contributed by atoms with van der Waals surface area (Å²) >= 11 is 0. The Morgan fingerprint density at radius 2 is 2.10 bits per heavy atom. The van der Waals surface area contributed by atoms with Gasteiger partial charge in [0.25, 0.3) is 5.91 Å². The van der Waals surface area contributed by atoms with E-state index in [2.05, 4.69) is 37.4 Å². The maximum atomic E-state index is 12.5. The Morgan fingerprint density at radius 3 is 2.79 bits per heavy atom. The highest BCUT2D eigenvalue weighted by molar-refractivity contribution is 5.82. The van der Waals surface area contributed by atoms with E-state index in [4.69, 9.17) is 4.74 Å². The van der Waals surface area contributed by atoms with E-state index in [0.717, 1.165) is 43.1 Å². The monoisotopic (exact) mass is 397 g/mol. The molecular formula is C20H27N7O2. The Balaban J connectivity index is 1.30. The summed E-state index contributed by atoms with van der Waals surface area (Å²) in [6.07, 6.45) is 4.79. The van der Waals surface area contributed by atoms with Crippen molar-refractivity contribution in [1.82, 2.24) is 29.9 Å². The number of benzene rings is 1. The number of aromatic nitrogens is 3. The molecule has 2 aromatic rings. The molecule has 0 aliphatic carbocycles. The molecule has 3 heterocycles. The zero-order valence-electron chi connectivity index (χ0n) is 16.7. The van der Waals surface area contributed by atoms with Crippen LogP contribution >= 0.6 is 0 Å². The third kappa shape index (κ3) is 4.56. The van der Waals surface area contributed by atoms with Crippen molar-refractivity contribution in [2.24, 2.45) is 4.99 Å². The molecule has 1 N–H and O–H groups in total. The van der Waals surface area contributed by atoms with Gasteiger partial charge in [-0.15, -0.1) is 0 Å². The number of nitrogens with zero attached hydrogens (tertiary/aromatic N) is 6. The molecule has 2 fully saturated rings. The topological polar surface area (TPSA) is 87.9 Å². The highest BCUT2D eigenvalue weighted by Gasteiger charge is 2.30. The van der Waals surface area contributed by atoms with Gasteiger partial charge >= 0.3 is 0 Å². The van der Waals surface area contributed by atoms with Gasteiger partial charge in [0, 0.05) is 46.4 Å². The zero-order chi connectivity index (χ0) is 20.1. The van der Waals surface area contributed by atoms with E-state index < -0.39 is 0 Å². The summed E-state index contributed by atoms with van der Waals surface area (Å²) in [5, 5.41) is 7.60. The number of hydrogen-bond acceptors (Lipinski definition) is 5. The summed E-state index contributed by atoms with van der Waals surface area (Å²) < 4.78 is 7.28. The molecule has 29 heavy (non-hydrogen) atoms. The van der Waals surface area contributed by atoms with E-state index >= 15 is 0 Å². The Labute approximate surface area is 170 Å². The van der Waals surface area contributed by atoms with Gasteiger partial charge < -0.3 is 19.9 Å². The van der Waals surface area contributed by atoms with E-state index in [0.29, 0.717) is 26.2 Å². The van der Waals surface area contributed by atoms with Gasteiger partial charge in [-0.05, 0) is 30.5 Å². The van der Waals surface area contributed by atoms with Crippen LogP contribution in [0, 0.1) is 0 Å². The van der Waals surface area contributed by atoms with Crippen LogP contribution in [-0.4, -0.2) is 82.4 Å². The van der Waals surface area contributed by atoms with Gasteiger partial charge in [-0.25, -0.2) is 9.67 Å². The van der Waals surface area contributed by atoms with Crippen LogP contribution in [0.3, 0.4) is 0 Å². The summed E-state index contributed by atoms with van der Waals surface area (Å²) in [6.45, 7) is 4.27. The minimum Gasteiger partial charge on any atom is -0.368 e. The second-order valence-electron chi connectivity index (χ2n) is 7.22. The zero-order valence-corrected chi connectivity index (χ0v) is 16.7. The third-order valence-electron chi connectivity index (χ3n) is 5.35. The molecule has 9 nitrogen and oxygen atoms in total. The maximum Gasteiger partial charge on any atom is 0.251 e. The number of ether oxygens (including phenoxy) is 1. The first-order chi connectivity index (χ1) is 14.2. The number of carbonyl (C=O) groups excluding carboxylic acids is 1. The molecule has 0 bridgehead atoms. The molecule has 1 unspecified atom stereocenters. The van der Waals surface area contributed by atoms with Gasteiger partial charge in [0.1, 0.15) is 18.8 Å². The van der Waals surface area contributed by atoms with Crippen LogP contribution in [0.4, 0.5) is 0 Å². The molecule has 154 valence electrons. The summed E-state index contributed by atoms with van der Waals surface area (Å²) in [7, 11) is 1.79. The predicted octanol–water partition coefficient (Wildman–Crippen LogP) is 0.666. The molecular weight excluding hydrogens is 370 g/mol. The lowest BCUT2D eigenvalue weighted by Gasteiger charge is -2.37. The average molecular weight is 397 g/mol. The van der Waals surface area contributed by atoms with Crippen LogP contribution in [0.1, 0.15) is 18.4 Å². The minimum absolute atomic E-state index is 0.134. The Morgan fingerprint density at radius 1 is 1.28 bits per heavy atom. The highest BCUT2D eigenvalue weighted by Crippen LogP contribution is 2.16. The summed E-state index contributed by atoms with van der Waals surface area (Å²) in [6, 6.07) is 8.15. The first-order valence-corrected chi connectivity index (χ1v) is 10.0. The van der Waals surface area contributed by atoms with Crippen LogP contribution in [0.2, 0.25) is 0 Å². The standard InChI is InChI=1S/C20H27N7O2/c1-21-20(23-13-16-4-2-5-17(12-16)27-15-22-14-24-27)26-9-7-25(8-10-26)19(28)18-6-3-11-29-18/h2,4-5,12,14-15,18H,3,6-11,13H2,1H3,(H,21,23). The van der Waals surface area contributed by atoms with Crippen molar-refractivity contribution in [3.8, 4) is 5.69 Å². The van der Waals surface area contributed by atoms with Crippen LogP contribution in [-0.2, 0) is 16.1 Å². The molecule has 0 saturated carbocycles. The van der Waals surface area contributed by atoms with Crippen LogP contribution in [0.15, 0.2) is 41.9 Å². The molecule has 0 radical (unpaired) electrons. The van der Waals surface area contributed by atoms with Crippen molar-refractivity contribution in [1.29, 1.82) is 0 Å². The van der Waals surface area contributed by atoms with Crippen LogP contribution in [0.25, 0.3) is 5.69 Å². The largest absolute Gasteiger partial charge is 0.368 e. The van der Waals surface area contributed by atoms with Crippen molar-refractivity contribution in [3.63, 3.8) is 0 Å². The molecule has 4 rings (SSSR count). The molecule has 2 aliphatic heterocycles. The molecule has 2 aliphatic rings. The second-order valence-corrected chi connectivity index (χ2v) is 7.22. The lowest BCUT2D eigenvalue weighted by molar-refractivity contribution is -0.142. The van der Waals surface area contributed by atoms with Crippen molar-refractivity contribution in [2.45, 2.75) is 25.5 Å². The predicted molar refractivity (Wildman–Crippen MR) is 109 cm³/mol. The quantitative estimate of drug-likeness (QED) is 0.603. The fourth-order valence-corrected chi connectivity index (χ4v) is 3.78. The average Bonchev–Trinajstić information content (AvgIpc) is 3.49. The van der Waals surface area contributed by atoms with Crippen molar-refractivity contribution < 1.29 is 9.53 Å². The normalized spacial score (nSPS) is 20.2. The first-order valence-electron chi connectivity index (χ1n) is 10.0. The Hall–Kier alpha value is -2.94. The number of piperazine rings is 1. The maximum absolute atomic E-state index is 12.5. The number of nitrogens with one attached hydrogen (secondary N) is 1. The summed E-state index contributed by atoms with van der Waals surface area (Å²) in [4.78, 5) is 25.0. The number of carbonyl (C=O) groups is 1. The number of amides is 1. The lowest BCUT2D eigenvalue weighted by Crippen LogP contribution is -2.55. The highest BCUT2D eigenvalue weighted by atomic mass is 16.5. The molecule has 2 saturated heterocycles. The SMILES string of the molecule is CN=C(NCc1cccc(-n2cncn2)c1)N1CCN(C(=O)C2CCCO2)CC1. The number of hydrogen-bond donors (Lipinski definition) is 1. The van der Waals surface area contributed by atoms with Gasteiger partial charge in [0.2, 0.25) is 0 Å². The van der Waals surface area contributed by atoms with E-state index in [1.54, 1.807) is 18.1 Å². The Bertz CT molecular complexity index is 838. The molecule has 1 aromatic carbocycles. The van der Waals surface area contributed by atoms with Gasteiger partial charge in [0.15, 0.2) is 5.96 Å². The first kappa shape index (κ1) is 19.4. The fraction of sp³-hybridized carbons (Fsp3) is 0.500. The summed E-state index contributed by atoms with van der Waals surface area (Å²) in [5.74, 6) is 0.982. The Kier molecular flexibility index (Phi) is 6.04. The molecule has 1 atom stereocenters. The number of guanidine groups is 1. The fourth-order valence-electron chi connectivity index (χ4n) is 3.78. The van der Waals surface area contributed by atoms with Crippen molar-refractivity contribution in [2.75, 3.05) is 39.8 Å². The smallest absolute Gasteiger partial charge is 0.251 e. The van der Waals surface area contributed by atoms with Gasteiger partial charge in [-0.2, -0.15) is 5.10 Å². The third-order valence-corrected chi connectivity index (χ3v) is 5.35. The van der Waals surface area contributed by atoms with Crippen molar-refractivity contribution in [3.05, 3.63) is 42.5 Å². The molecule has 0 spiro atoms. The van der Waals surface area contributed by atoms with Gasteiger partial charge in [0.05, 0.1) is 5.69 Å². The van der Waals surface area contributed by atoms with Crippen LogP contribution < -0.4 is 5.32 Å². The van der Waals surface area contributed by atoms with Crippen molar-refractivity contribution >= 4 is 11.9 Å². The van der Waals surface area contributed by atoms with Gasteiger partial charge in [-0.1, -0.05) is 12.1 Å². The lowest BCUT2D eigenvalue weighted by atomic mass is 10.2. The minimum atomic E-state index is -0.240. The van der Waals surface area contributed by atoms with Crippen LogP contribution in [0.5, 0.6) is 0 Å². The van der Waals surface area contributed by atoms with E-state index in [1.807, 2.05) is 17.0 Å². The van der Waals surface area contributed by atoms with E-state index in [1.165, 1.54) is 6.33 Å². The molecule has 1 amide bonds. The molecule has 1 aromatic heterocycles. The van der Waals surface area contributed by atoms with E-state index in [9.17, 15) is 4.79 Å². The number of rotatable bonds is 4. The number of aliphatic imine (C=N–C) groups is 1. The molecule has 9 heteroatoms. The van der Waals surface area contributed by atoms with Gasteiger partial charge in [-0.3, -0.25) is 9.79 Å². The van der Waals surface area contributed by atoms with E-state index in [-0.39, 0.29) is 12.0 Å². The second kappa shape index (κ2) is 9.04.